The Labute approximate surface area is 121 Å². The standard InChI is InChI=1S/C17H36N2/c1-4-13-18-17(5-2)12-9-14-19(3)15-16-10-7-6-8-11-16/h16-18H,4-15H2,1-3H3. The molecule has 1 unspecified atom stereocenters. The summed E-state index contributed by atoms with van der Waals surface area (Å²) in [6, 6.07) is 0.739. The third-order valence-corrected chi connectivity index (χ3v) is 4.56. The first-order valence-corrected chi connectivity index (χ1v) is 8.68. The molecule has 1 rings (SSSR count). The van der Waals surface area contributed by atoms with Gasteiger partial charge in [-0.25, -0.2) is 0 Å². The van der Waals surface area contributed by atoms with E-state index in [9.17, 15) is 0 Å². The summed E-state index contributed by atoms with van der Waals surface area (Å²) in [5.74, 6) is 0.985. The zero-order valence-electron chi connectivity index (χ0n) is 13.6. The molecule has 19 heavy (non-hydrogen) atoms. The first-order valence-electron chi connectivity index (χ1n) is 8.68. The molecule has 0 aromatic rings. The summed E-state index contributed by atoms with van der Waals surface area (Å²) in [7, 11) is 2.31. The summed E-state index contributed by atoms with van der Waals surface area (Å²) in [6.07, 6.45) is 12.6. The Morgan fingerprint density at radius 1 is 1.16 bits per heavy atom. The molecule has 1 saturated carbocycles. The van der Waals surface area contributed by atoms with Crippen molar-refractivity contribution in [1.29, 1.82) is 0 Å². The number of nitrogens with zero attached hydrogens (tertiary/aromatic N) is 1. The van der Waals surface area contributed by atoms with Crippen molar-refractivity contribution in [1.82, 2.24) is 10.2 Å². The van der Waals surface area contributed by atoms with E-state index in [1.54, 1.807) is 0 Å². The van der Waals surface area contributed by atoms with Crippen molar-refractivity contribution in [3.8, 4) is 0 Å². The van der Waals surface area contributed by atoms with Crippen molar-refractivity contribution < 1.29 is 0 Å². The lowest BCUT2D eigenvalue weighted by Crippen LogP contribution is -2.31. The van der Waals surface area contributed by atoms with Crippen LogP contribution in [0.3, 0.4) is 0 Å². The van der Waals surface area contributed by atoms with E-state index in [-0.39, 0.29) is 0 Å². The van der Waals surface area contributed by atoms with Crippen LogP contribution in [0, 0.1) is 5.92 Å². The summed E-state index contributed by atoms with van der Waals surface area (Å²) < 4.78 is 0. The van der Waals surface area contributed by atoms with Crippen LogP contribution in [0.2, 0.25) is 0 Å². The molecule has 1 aliphatic rings. The Hall–Kier alpha value is -0.0800. The predicted molar refractivity (Wildman–Crippen MR) is 85.7 cm³/mol. The molecule has 2 nitrogen and oxygen atoms in total. The van der Waals surface area contributed by atoms with E-state index in [2.05, 4.69) is 31.1 Å². The third kappa shape index (κ3) is 7.94. The van der Waals surface area contributed by atoms with Crippen LogP contribution in [0.25, 0.3) is 0 Å². The highest BCUT2D eigenvalue weighted by Gasteiger charge is 2.15. The molecule has 0 heterocycles. The molecule has 0 radical (unpaired) electrons. The van der Waals surface area contributed by atoms with Crippen LogP contribution in [0.4, 0.5) is 0 Å². The normalized spacial score (nSPS) is 18.9. The van der Waals surface area contributed by atoms with Crippen LogP contribution in [0.15, 0.2) is 0 Å². The van der Waals surface area contributed by atoms with Gasteiger partial charge in [-0.3, -0.25) is 0 Å². The SMILES string of the molecule is CCCNC(CC)CCCN(C)CC1CCCCC1. The van der Waals surface area contributed by atoms with E-state index in [4.69, 9.17) is 0 Å². The van der Waals surface area contributed by atoms with Crippen molar-refractivity contribution in [2.75, 3.05) is 26.7 Å². The molecule has 0 aromatic heterocycles. The number of rotatable bonds is 10. The molecule has 0 bridgehead atoms. The van der Waals surface area contributed by atoms with Gasteiger partial charge in [0.1, 0.15) is 0 Å². The van der Waals surface area contributed by atoms with Crippen molar-refractivity contribution in [2.24, 2.45) is 5.92 Å². The van der Waals surface area contributed by atoms with Gasteiger partial charge in [0.25, 0.3) is 0 Å². The summed E-state index contributed by atoms with van der Waals surface area (Å²) in [5, 5.41) is 3.66. The minimum Gasteiger partial charge on any atom is -0.314 e. The Morgan fingerprint density at radius 3 is 2.53 bits per heavy atom. The number of nitrogens with one attached hydrogen (secondary N) is 1. The average molecular weight is 268 g/mol. The van der Waals surface area contributed by atoms with Crippen LogP contribution in [-0.4, -0.2) is 37.6 Å². The molecule has 0 aromatic carbocycles. The first kappa shape index (κ1) is 17.0. The Bertz CT molecular complexity index is 199. The van der Waals surface area contributed by atoms with Gasteiger partial charge in [0.05, 0.1) is 0 Å². The van der Waals surface area contributed by atoms with E-state index in [1.807, 2.05) is 0 Å². The molecule has 0 aliphatic heterocycles. The summed E-state index contributed by atoms with van der Waals surface area (Å²) >= 11 is 0. The molecule has 2 heteroatoms. The number of hydrogen-bond donors (Lipinski definition) is 1. The lowest BCUT2D eigenvalue weighted by atomic mass is 9.89. The Balaban J connectivity index is 2.06. The van der Waals surface area contributed by atoms with Crippen molar-refractivity contribution >= 4 is 0 Å². The topological polar surface area (TPSA) is 15.3 Å². The lowest BCUT2D eigenvalue weighted by Gasteiger charge is -2.27. The highest BCUT2D eigenvalue weighted by atomic mass is 15.1. The fraction of sp³-hybridized carbons (Fsp3) is 1.00. The van der Waals surface area contributed by atoms with Crippen LogP contribution in [-0.2, 0) is 0 Å². The molecule has 1 atom stereocenters. The Kier molecular flexibility index (Phi) is 9.54. The van der Waals surface area contributed by atoms with Gasteiger partial charge in [0.2, 0.25) is 0 Å². The number of hydrogen-bond acceptors (Lipinski definition) is 2. The second-order valence-corrected chi connectivity index (χ2v) is 6.47. The predicted octanol–water partition coefficient (Wildman–Crippen LogP) is 4.06. The maximum absolute atomic E-state index is 3.66. The molecule has 1 aliphatic carbocycles. The van der Waals surface area contributed by atoms with Gasteiger partial charge in [-0.15, -0.1) is 0 Å². The fourth-order valence-corrected chi connectivity index (χ4v) is 3.31. The largest absolute Gasteiger partial charge is 0.314 e. The quantitative estimate of drug-likeness (QED) is 0.643. The van der Waals surface area contributed by atoms with Crippen molar-refractivity contribution in [3.05, 3.63) is 0 Å². The van der Waals surface area contributed by atoms with E-state index >= 15 is 0 Å². The van der Waals surface area contributed by atoms with E-state index in [0.717, 1.165) is 12.0 Å². The Morgan fingerprint density at radius 2 is 1.89 bits per heavy atom. The van der Waals surface area contributed by atoms with Gasteiger partial charge in [0.15, 0.2) is 0 Å². The van der Waals surface area contributed by atoms with Crippen LogP contribution in [0.5, 0.6) is 0 Å². The van der Waals surface area contributed by atoms with E-state index in [1.165, 1.54) is 77.4 Å². The highest BCUT2D eigenvalue weighted by molar-refractivity contribution is 4.70. The second kappa shape index (κ2) is 10.7. The van der Waals surface area contributed by atoms with E-state index < -0.39 is 0 Å². The molecule has 0 amide bonds. The molecule has 1 fully saturated rings. The molecule has 114 valence electrons. The smallest absolute Gasteiger partial charge is 0.00649 e. The summed E-state index contributed by atoms with van der Waals surface area (Å²) in [5.41, 5.74) is 0. The maximum atomic E-state index is 3.66. The van der Waals surface area contributed by atoms with Crippen LogP contribution < -0.4 is 5.32 Å². The molecular formula is C17H36N2. The molecule has 0 saturated heterocycles. The third-order valence-electron chi connectivity index (χ3n) is 4.56. The van der Waals surface area contributed by atoms with Gasteiger partial charge < -0.3 is 10.2 Å². The van der Waals surface area contributed by atoms with Crippen molar-refractivity contribution in [3.63, 3.8) is 0 Å². The van der Waals surface area contributed by atoms with Gasteiger partial charge in [-0.1, -0.05) is 33.1 Å². The lowest BCUT2D eigenvalue weighted by molar-refractivity contribution is 0.228. The van der Waals surface area contributed by atoms with Gasteiger partial charge in [0, 0.05) is 12.6 Å². The van der Waals surface area contributed by atoms with Crippen molar-refractivity contribution in [2.45, 2.75) is 77.7 Å². The van der Waals surface area contributed by atoms with Gasteiger partial charge >= 0.3 is 0 Å². The first-order chi connectivity index (χ1) is 9.26. The summed E-state index contributed by atoms with van der Waals surface area (Å²) in [6.45, 7) is 8.34. The van der Waals surface area contributed by atoms with Crippen LogP contribution >= 0.6 is 0 Å². The van der Waals surface area contributed by atoms with E-state index in [0.29, 0.717) is 0 Å². The highest BCUT2D eigenvalue weighted by Crippen LogP contribution is 2.24. The average Bonchev–Trinajstić information content (AvgIpc) is 2.43. The van der Waals surface area contributed by atoms with Gasteiger partial charge in [-0.2, -0.15) is 0 Å². The maximum Gasteiger partial charge on any atom is 0.00649 e. The monoisotopic (exact) mass is 268 g/mol. The molecular weight excluding hydrogens is 232 g/mol. The fourth-order valence-electron chi connectivity index (χ4n) is 3.31. The zero-order valence-corrected chi connectivity index (χ0v) is 13.6. The molecule has 1 N–H and O–H groups in total. The van der Waals surface area contributed by atoms with Gasteiger partial charge in [-0.05, 0) is 64.6 Å². The molecule has 0 spiro atoms. The summed E-state index contributed by atoms with van der Waals surface area (Å²) in [4.78, 5) is 2.57. The minimum absolute atomic E-state index is 0.739. The zero-order chi connectivity index (χ0) is 13.9. The minimum atomic E-state index is 0.739. The second-order valence-electron chi connectivity index (χ2n) is 6.47. The van der Waals surface area contributed by atoms with Crippen LogP contribution in [0.1, 0.15) is 71.6 Å².